The standard InChI is InChI=1S/C13H12N4S/c14-10-5-3-9(4-6-10)8-12-15-13(17-16-12)11-2-1-7-18-11/h1-7H,8,14H2,(H,15,16,17). The maximum atomic E-state index is 5.65. The molecule has 0 aliphatic rings. The molecule has 0 radical (unpaired) electrons. The second-order valence-electron chi connectivity index (χ2n) is 4.00. The Kier molecular flexibility index (Phi) is 2.82. The fourth-order valence-corrected chi connectivity index (χ4v) is 2.38. The molecule has 0 atom stereocenters. The van der Waals surface area contributed by atoms with Gasteiger partial charge in [-0.3, -0.25) is 5.10 Å². The molecule has 2 aromatic heterocycles. The number of aromatic nitrogens is 3. The van der Waals surface area contributed by atoms with E-state index >= 15 is 0 Å². The summed E-state index contributed by atoms with van der Waals surface area (Å²) < 4.78 is 0. The van der Waals surface area contributed by atoms with Crippen LogP contribution in [0.15, 0.2) is 41.8 Å². The van der Waals surface area contributed by atoms with Crippen LogP contribution in [0, 0.1) is 0 Å². The Morgan fingerprint density at radius 1 is 1.17 bits per heavy atom. The number of aromatic amines is 1. The van der Waals surface area contributed by atoms with Gasteiger partial charge in [0, 0.05) is 12.1 Å². The molecule has 1 aromatic carbocycles. The van der Waals surface area contributed by atoms with E-state index in [0.717, 1.165) is 34.2 Å². The Bertz CT molecular complexity index is 625. The summed E-state index contributed by atoms with van der Waals surface area (Å²) >= 11 is 1.64. The van der Waals surface area contributed by atoms with Crippen molar-refractivity contribution in [1.29, 1.82) is 0 Å². The highest BCUT2D eigenvalue weighted by atomic mass is 32.1. The lowest BCUT2D eigenvalue weighted by molar-refractivity contribution is 0.973. The number of benzene rings is 1. The zero-order valence-electron chi connectivity index (χ0n) is 9.63. The van der Waals surface area contributed by atoms with Crippen molar-refractivity contribution >= 4 is 17.0 Å². The van der Waals surface area contributed by atoms with E-state index < -0.39 is 0 Å². The van der Waals surface area contributed by atoms with E-state index in [4.69, 9.17) is 5.73 Å². The number of nitrogens with two attached hydrogens (primary N) is 1. The van der Waals surface area contributed by atoms with Gasteiger partial charge in [0.05, 0.1) is 4.88 Å². The first kappa shape index (κ1) is 11.0. The van der Waals surface area contributed by atoms with E-state index in [2.05, 4.69) is 15.2 Å². The molecule has 0 unspecified atom stereocenters. The number of rotatable bonds is 3. The molecule has 0 aliphatic carbocycles. The highest BCUT2D eigenvalue weighted by Gasteiger charge is 2.07. The van der Waals surface area contributed by atoms with Crippen LogP contribution in [0.25, 0.3) is 10.7 Å². The van der Waals surface area contributed by atoms with Gasteiger partial charge in [-0.15, -0.1) is 11.3 Å². The van der Waals surface area contributed by atoms with Gasteiger partial charge in [-0.25, -0.2) is 4.98 Å². The van der Waals surface area contributed by atoms with Gasteiger partial charge >= 0.3 is 0 Å². The van der Waals surface area contributed by atoms with Crippen molar-refractivity contribution < 1.29 is 0 Å². The maximum Gasteiger partial charge on any atom is 0.191 e. The van der Waals surface area contributed by atoms with Crippen LogP contribution < -0.4 is 5.73 Å². The average Bonchev–Trinajstić information content (AvgIpc) is 3.02. The van der Waals surface area contributed by atoms with Gasteiger partial charge in [0.25, 0.3) is 0 Å². The molecule has 18 heavy (non-hydrogen) atoms. The van der Waals surface area contributed by atoms with E-state index in [0.29, 0.717) is 0 Å². The van der Waals surface area contributed by atoms with E-state index in [1.165, 1.54) is 0 Å². The lowest BCUT2D eigenvalue weighted by atomic mass is 10.1. The van der Waals surface area contributed by atoms with Crippen molar-refractivity contribution in [2.75, 3.05) is 5.73 Å². The highest BCUT2D eigenvalue weighted by molar-refractivity contribution is 7.13. The Morgan fingerprint density at radius 3 is 2.72 bits per heavy atom. The zero-order valence-corrected chi connectivity index (χ0v) is 10.4. The molecule has 0 bridgehead atoms. The second kappa shape index (κ2) is 4.62. The van der Waals surface area contributed by atoms with E-state index in [1.54, 1.807) is 11.3 Å². The van der Waals surface area contributed by atoms with Crippen molar-refractivity contribution in [2.45, 2.75) is 6.42 Å². The summed E-state index contributed by atoms with van der Waals surface area (Å²) in [7, 11) is 0. The zero-order chi connectivity index (χ0) is 12.4. The molecule has 0 saturated heterocycles. The van der Waals surface area contributed by atoms with Crippen LogP contribution in [0.4, 0.5) is 5.69 Å². The molecular weight excluding hydrogens is 244 g/mol. The minimum Gasteiger partial charge on any atom is -0.399 e. The fourth-order valence-electron chi connectivity index (χ4n) is 1.72. The summed E-state index contributed by atoms with van der Waals surface area (Å²) in [5.74, 6) is 1.62. The molecule has 0 saturated carbocycles. The third kappa shape index (κ3) is 2.26. The van der Waals surface area contributed by atoms with Gasteiger partial charge in [0.2, 0.25) is 0 Å². The van der Waals surface area contributed by atoms with Gasteiger partial charge in [-0.2, -0.15) is 5.10 Å². The van der Waals surface area contributed by atoms with Gasteiger partial charge < -0.3 is 5.73 Å². The molecule has 4 nitrogen and oxygen atoms in total. The maximum absolute atomic E-state index is 5.65. The van der Waals surface area contributed by atoms with Gasteiger partial charge in [0.15, 0.2) is 5.82 Å². The van der Waals surface area contributed by atoms with Crippen LogP contribution in [0.1, 0.15) is 11.4 Å². The quantitative estimate of drug-likeness (QED) is 0.708. The molecule has 2 heterocycles. The monoisotopic (exact) mass is 256 g/mol. The number of H-pyrrole nitrogens is 1. The third-order valence-electron chi connectivity index (χ3n) is 2.62. The largest absolute Gasteiger partial charge is 0.399 e. The van der Waals surface area contributed by atoms with Crippen LogP contribution in [0.2, 0.25) is 0 Å². The predicted molar refractivity (Wildman–Crippen MR) is 73.4 cm³/mol. The van der Waals surface area contributed by atoms with Crippen molar-refractivity contribution in [1.82, 2.24) is 15.2 Å². The molecule has 90 valence electrons. The minimum atomic E-state index is 0.735. The highest BCUT2D eigenvalue weighted by Crippen LogP contribution is 2.21. The van der Waals surface area contributed by atoms with Crippen LogP contribution in [0.5, 0.6) is 0 Å². The summed E-state index contributed by atoms with van der Waals surface area (Å²) in [6, 6.07) is 11.8. The van der Waals surface area contributed by atoms with Crippen LogP contribution in [-0.4, -0.2) is 15.2 Å². The molecule has 3 aromatic rings. The Morgan fingerprint density at radius 2 is 2.00 bits per heavy atom. The van der Waals surface area contributed by atoms with Crippen LogP contribution >= 0.6 is 11.3 Å². The summed E-state index contributed by atoms with van der Waals surface area (Å²) in [6.45, 7) is 0. The number of nitrogens with zero attached hydrogens (tertiary/aromatic N) is 2. The van der Waals surface area contributed by atoms with Crippen LogP contribution in [0.3, 0.4) is 0 Å². The first-order valence-electron chi connectivity index (χ1n) is 5.61. The summed E-state index contributed by atoms with van der Waals surface area (Å²) in [5.41, 5.74) is 7.59. The molecule has 0 aliphatic heterocycles. The van der Waals surface area contributed by atoms with Gasteiger partial charge in [0.1, 0.15) is 5.82 Å². The Balaban J connectivity index is 1.80. The third-order valence-corrected chi connectivity index (χ3v) is 3.49. The van der Waals surface area contributed by atoms with Crippen molar-refractivity contribution in [3.8, 4) is 10.7 Å². The van der Waals surface area contributed by atoms with Crippen molar-refractivity contribution in [3.05, 3.63) is 53.2 Å². The normalized spacial score (nSPS) is 10.7. The predicted octanol–water partition coefficient (Wildman–Crippen LogP) is 2.71. The van der Waals surface area contributed by atoms with E-state index in [-0.39, 0.29) is 0 Å². The van der Waals surface area contributed by atoms with E-state index in [1.807, 2.05) is 41.8 Å². The molecule has 0 fully saturated rings. The lowest BCUT2D eigenvalue weighted by Crippen LogP contribution is -1.92. The topological polar surface area (TPSA) is 67.6 Å². The lowest BCUT2D eigenvalue weighted by Gasteiger charge is -1.98. The average molecular weight is 256 g/mol. The molecule has 0 amide bonds. The van der Waals surface area contributed by atoms with Crippen molar-refractivity contribution in [3.63, 3.8) is 0 Å². The second-order valence-corrected chi connectivity index (χ2v) is 4.95. The molecule has 0 spiro atoms. The molecular formula is C13H12N4S. The number of anilines is 1. The molecule has 3 rings (SSSR count). The smallest absolute Gasteiger partial charge is 0.191 e. The number of thiophene rings is 1. The summed E-state index contributed by atoms with van der Waals surface area (Å²) in [5, 5.41) is 9.21. The number of hydrogen-bond acceptors (Lipinski definition) is 4. The van der Waals surface area contributed by atoms with Crippen LogP contribution in [-0.2, 0) is 6.42 Å². The Labute approximate surface area is 109 Å². The fraction of sp³-hybridized carbons (Fsp3) is 0.0769. The first-order chi connectivity index (χ1) is 8.81. The molecule has 3 N–H and O–H groups in total. The van der Waals surface area contributed by atoms with Gasteiger partial charge in [-0.05, 0) is 29.1 Å². The Hall–Kier alpha value is -2.14. The van der Waals surface area contributed by atoms with E-state index in [9.17, 15) is 0 Å². The number of nitrogens with one attached hydrogen (secondary N) is 1. The number of nitrogen functional groups attached to an aromatic ring is 1. The first-order valence-corrected chi connectivity index (χ1v) is 6.49. The minimum absolute atomic E-state index is 0.735. The summed E-state index contributed by atoms with van der Waals surface area (Å²) in [6.07, 6.45) is 0.735. The SMILES string of the molecule is Nc1ccc(Cc2nc(-c3cccs3)n[nH]2)cc1. The van der Waals surface area contributed by atoms with Crippen molar-refractivity contribution in [2.24, 2.45) is 0 Å². The molecule has 5 heteroatoms. The number of hydrogen-bond donors (Lipinski definition) is 2. The van der Waals surface area contributed by atoms with Gasteiger partial charge in [-0.1, -0.05) is 18.2 Å². The summed E-state index contributed by atoms with van der Waals surface area (Å²) in [4.78, 5) is 5.56.